The molecule has 0 bridgehead atoms. The zero-order valence-electron chi connectivity index (χ0n) is 13.9. The molecule has 1 saturated heterocycles. The SMILES string of the molecule is Nc1ccccc1COc1cccc(OC2CCN(C(=O)O)CC2)c1. The van der Waals surface area contributed by atoms with E-state index in [1.54, 1.807) is 0 Å². The summed E-state index contributed by atoms with van der Waals surface area (Å²) in [6, 6.07) is 15.1. The Kier molecular flexibility index (Phi) is 5.28. The molecule has 2 aromatic rings. The van der Waals surface area contributed by atoms with E-state index in [0.29, 0.717) is 44.0 Å². The maximum atomic E-state index is 10.9. The van der Waals surface area contributed by atoms with Gasteiger partial charge in [0.15, 0.2) is 0 Å². The summed E-state index contributed by atoms with van der Waals surface area (Å²) in [7, 11) is 0. The molecule has 3 rings (SSSR count). The minimum atomic E-state index is -0.867. The molecular formula is C19H22N2O4. The molecule has 0 atom stereocenters. The van der Waals surface area contributed by atoms with Gasteiger partial charge in [-0.3, -0.25) is 0 Å². The lowest BCUT2D eigenvalue weighted by Gasteiger charge is -2.30. The number of ether oxygens (including phenoxy) is 2. The summed E-state index contributed by atoms with van der Waals surface area (Å²) in [6.07, 6.45) is 0.542. The van der Waals surface area contributed by atoms with Crippen molar-refractivity contribution >= 4 is 11.8 Å². The van der Waals surface area contributed by atoms with Gasteiger partial charge in [0.1, 0.15) is 24.2 Å². The number of rotatable bonds is 5. The fourth-order valence-corrected chi connectivity index (χ4v) is 2.82. The van der Waals surface area contributed by atoms with Gasteiger partial charge in [-0.2, -0.15) is 0 Å². The van der Waals surface area contributed by atoms with Crippen molar-refractivity contribution in [3.8, 4) is 11.5 Å². The van der Waals surface area contributed by atoms with Crippen LogP contribution in [0.1, 0.15) is 18.4 Å². The van der Waals surface area contributed by atoms with E-state index < -0.39 is 6.09 Å². The molecule has 1 amide bonds. The first-order chi connectivity index (χ1) is 12.1. The third-order valence-electron chi connectivity index (χ3n) is 4.27. The Morgan fingerprint density at radius 3 is 2.56 bits per heavy atom. The number of carboxylic acid groups (broad SMARTS) is 1. The quantitative estimate of drug-likeness (QED) is 0.814. The summed E-state index contributed by atoms with van der Waals surface area (Å²) in [5, 5.41) is 8.98. The Bertz CT molecular complexity index is 727. The van der Waals surface area contributed by atoms with Gasteiger partial charge >= 0.3 is 6.09 Å². The molecule has 132 valence electrons. The highest BCUT2D eigenvalue weighted by Gasteiger charge is 2.23. The van der Waals surface area contributed by atoms with Gasteiger partial charge in [-0.1, -0.05) is 24.3 Å². The molecule has 25 heavy (non-hydrogen) atoms. The van der Waals surface area contributed by atoms with Gasteiger partial charge in [0.05, 0.1) is 0 Å². The number of nitrogens with zero attached hydrogens (tertiary/aromatic N) is 1. The Hall–Kier alpha value is -2.89. The minimum absolute atomic E-state index is 0.0237. The smallest absolute Gasteiger partial charge is 0.407 e. The Morgan fingerprint density at radius 2 is 1.84 bits per heavy atom. The Labute approximate surface area is 146 Å². The van der Waals surface area contributed by atoms with Crippen LogP contribution in [0.4, 0.5) is 10.5 Å². The van der Waals surface area contributed by atoms with Crippen molar-refractivity contribution in [2.75, 3.05) is 18.8 Å². The first-order valence-corrected chi connectivity index (χ1v) is 8.32. The number of carbonyl (C=O) groups is 1. The van der Waals surface area contributed by atoms with E-state index in [1.165, 1.54) is 4.90 Å². The second-order valence-electron chi connectivity index (χ2n) is 6.05. The number of piperidine rings is 1. The van der Waals surface area contributed by atoms with E-state index in [-0.39, 0.29) is 6.10 Å². The van der Waals surface area contributed by atoms with Crippen molar-refractivity contribution in [3.63, 3.8) is 0 Å². The predicted molar refractivity (Wildman–Crippen MR) is 94.9 cm³/mol. The fourth-order valence-electron chi connectivity index (χ4n) is 2.82. The molecule has 0 radical (unpaired) electrons. The van der Waals surface area contributed by atoms with Crippen LogP contribution in [-0.4, -0.2) is 35.3 Å². The largest absolute Gasteiger partial charge is 0.490 e. The van der Waals surface area contributed by atoms with Gasteiger partial charge in [0.2, 0.25) is 0 Å². The van der Waals surface area contributed by atoms with E-state index in [2.05, 4.69) is 0 Å². The number of likely N-dealkylation sites (tertiary alicyclic amines) is 1. The third kappa shape index (κ3) is 4.56. The average Bonchev–Trinajstić information content (AvgIpc) is 2.62. The molecule has 3 N–H and O–H groups in total. The molecule has 0 aliphatic carbocycles. The van der Waals surface area contributed by atoms with Crippen LogP contribution in [0.2, 0.25) is 0 Å². The van der Waals surface area contributed by atoms with Crippen LogP contribution in [0, 0.1) is 0 Å². The van der Waals surface area contributed by atoms with Crippen molar-refractivity contribution < 1.29 is 19.4 Å². The van der Waals surface area contributed by atoms with Crippen LogP contribution in [0.5, 0.6) is 11.5 Å². The number of benzene rings is 2. The maximum absolute atomic E-state index is 10.9. The van der Waals surface area contributed by atoms with Crippen LogP contribution in [0.25, 0.3) is 0 Å². The van der Waals surface area contributed by atoms with Gasteiger partial charge in [0.25, 0.3) is 0 Å². The zero-order chi connectivity index (χ0) is 17.6. The Morgan fingerprint density at radius 1 is 1.12 bits per heavy atom. The first-order valence-electron chi connectivity index (χ1n) is 8.32. The second-order valence-corrected chi connectivity index (χ2v) is 6.05. The lowest BCUT2D eigenvalue weighted by atomic mass is 10.1. The maximum Gasteiger partial charge on any atom is 0.407 e. The molecule has 1 aliphatic heterocycles. The molecule has 0 unspecified atom stereocenters. The predicted octanol–water partition coefficient (Wildman–Crippen LogP) is 3.37. The molecule has 1 aliphatic rings. The molecule has 0 spiro atoms. The summed E-state index contributed by atoms with van der Waals surface area (Å²) >= 11 is 0. The van der Waals surface area contributed by atoms with Crippen LogP contribution < -0.4 is 15.2 Å². The number of amides is 1. The number of nitrogens with two attached hydrogens (primary N) is 1. The normalized spacial score (nSPS) is 15.0. The van der Waals surface area contributed by atoms with Gasteiger partial charge in [-0.25, -0.2) is 4.79 Å². The molecule has 0 saturated carbocycles. The lowest BCUT2D eigenvalue weighted by Crippen LogP contribution is -2.41. The van der Waals surface area contributed by atoms with E-state index in [4.69, 9.17) is 20.3 Å². The number of nitrogen functional groups attached to an aromatic ring is 1. The lowest BCUT2D eigenvalue weighted by molar-refractivity contribution is 0.0893. The third-order valence-corrected chi connectivity index (χ3v) is 4.27. The van der Waals surface area contributed by atoms with Crippen LogP contribution in [-0.2, 0) is 6.61 Å². The highest BCUT2D eigenvalue weighted by Crippen LogP contribution is 2.24. The summed E-state index contributed by atoms with van der Waals surface area (Å²) in [4.78, 5) is 12.4. The van der Waals surface area contributed by atoms with Crippen LogP contribution in [0.3, 0.4) is 0 Å². The number of hydrogen-bond donors (Lipinski definition) is 2. The summed E-state index contributed by atoms with van der Waals surface area (Å²) in [5.74, 6) is 1.44. The van der Waals surface area contributed by atoms with Gasteiger partial charge < -0.3 is 25.2 Å². The topological polar surface area (TPSA) is 85.0 Å². The molecule has 2 aromatic carbocycles. The molecule has 6 heteroatoms. The van der Waals surface area contributed by atoms with Crippen LogP contribution in [0.15, 0.2) is 48.5 Å². The van der Waals surface area contributed by atoms with E-state index in [1.807, 2.05) is 48.5 Å². The fraction of sp³-hybridized carbons (Fsp3) is 0.316. The van der Waals surface area contributed by atoms with Gasteiger partial charge in [-0.15, -0.1) is 0 Å². The minimum Gasteiger partial charge on any atom is -0.490 e. The van der Waals surface area contributed by atoms with Gasteiger partial charge in [-0.05, 0) is 18.2 Å². The van der Waals surface area contributed by atoms with Gasteiger partial charge in [0, 0.05) is 43.2 Å². The van der Waals surface area contributed by atoms with E-state index in [9.17, 15) is 4.79 Å². The summed E-state index contributed by atoms with van der Waals surface area (Å²) < 4.78 is 11.8. The highest BCUT2D eigenvalue weighted by molar-refractivity contribution is 5.65. The molecule has 6 nitrogen and oxygen atoms in total. The van der Waals surface area contributed by atoms with Crippen molar-refractivity contribution in [2.24, 2.45) is 0 Å². The molecule has 0 aromatic heterocycles. The first kappa shape index (κ1) is 17.0. The summed E-state index contributed by atoms with van der Waals surface area (Å²) in [6.45, 7) is 1.40. The number of hydrogen-bond acceptors (Lipinski definition) is 4. The molecule has 1 fully saturated rings. The average molecular weight is 342 g/mol. The second kappa shape index (κ2) is 7.79. The van der Waals surface area contributed by atoms with Crippen molar-refractivity contribution in [1.29, 1.82) is 0 Å². The van der Waals surface area contributed by atoms with E-state index >= 15 is 0 Å². The van der Waals surface area contributed by atoms with Crippen molar-refractivity contribution in [2.45, 2.75) is 25.6 Å². The zero-order valence-corrected chi connectivity index (χ0v) is 13.9. The highest BCUT2D eigenvalue weighted by atomic mass is 16.5. The summed E-state index contributed by atoms with van der Waals surface area (Å²) in [5.41, 5.74) is 7.57. The molecule has 1 heterocycles. The molecular weight excluding hydrogens is 320 g/mol. The monoisotopic (exact) mass is 342 g/mol. The number of anilines is 1. The Balaban J connectivity index is 1.55. The van der Waals surface area contributed by atoms with E-state index in [0.717, 1.165) is 11.3 Å². The van der Waals surface area contributed by atoms with Crippen molar-refractivity contribution in [1.82, 2.24) is 4.90 Å². The van der Waals surface area contributed by atoms with Crippen LogP contribution >= 0.6 is 0 Å². The number of para-hydroxylation sites is 1. The standard InChI is InChI=1S/C19H22N2O4/c20-18-7-2-1-4-14(18)13-24-16-5-3-6-17(12-16)25-15-8-10-21(11-9-15)19(22)23/h1-7,12,15H,8-11,13,20H2,(H,22,23). The van der Waals surface area contributed by atoms with Crippen molar-refractivity contribution in [3.05, 3.63) is 54.1 Å².